The fourth-order valence-electron chi connectivity index (χ4n) is 4.04. The van der Waals surface area contributed by atoms with Gasteiger partial charge in [-0.1, -0.05) is 30.3 Å². The van der Waals surface area contributed by atoms with Crippen molar-refractivity contribution in [1.29, 1.82) is 0 Å². The highest BCUT2D eigenvalue weighted by atomic mass is 32.2. The molecule has 28 heavy (non-hydrogen) atoms. The van der Waals surface area contributed by atoms with Crippen molar-refractivity contribution in [2.75, 3.05) is 32.1 Å². The number of quaternary nitrogens is 1. The van der Waals surface area contributed by atoms with Gasteiger partial charge in [0.1, 0.15) is 19.6 Å². The molecule has 5 heteroatoms. The number of fused-ring (bicyclic) bond motifs is 1. The first kappa shape index (κ1) is 19.5. The average Bonchev–Trinajstić information content (AvgIpc) is 3.20. The van der Waals surface area contributed by atoms with E-state index < -0.39 is 0 Å². The summed E-state index contributed by atoms with van der Waals surface area (Å²) in [5, 5.41) is 3.11. The number of ether oxygens (including phenoxy) is 1. The van der Waals surface area contributed by atoms with E-state index >= 15 is 0 Å². The van der Waals surface area contributed by atoms with Crippen molar-refractivity contribution in [3.05, 3.63) is 64.7 Å². The highest BCUT2D eigenvalue weighted by Crippen LogP contribution is 2.27. The first-order valence-corrected chi connectivity index (χ1v) is 11.3. The SMILES string of the molecule is O=C(CSc1ccc2c(c1)CCC2)NCc1ccccc1C[NH+]1CCOCC1. The monoisotopic (exact) mass is 397 g/mol. The Bertz CT molecular complexity index is 818. The summed E-state index contributed by atoms with van der Waals surface area (Å²) in [5.74, 6) is 0.564. The van der Waals surface area contributed by atoms with Gasteiger partial charge < -0.3 is 15.0 Å². The number of carbonyl (C=O) groups excluding carboxylic acids is 1. The Labute approximate surface area is 171 Å². The minimum Gasteiger partial charge on any atom is -0.370 e. The van der Waals surface area contributed by atoms with Crippen LogP contribution in [0.1, 0.15) is 28.7 Å². The summed E-state index contributed by atoms with van der Waals surface area (Å²) in [4.78, 5) is 15.1. The van der Waals surface area contributed by atoms with Gasteiger partial charge in [0.15, 0.2) is 0 Å². The summed E-state index contributed by atoms with van der Waals surface area (Å²) in [7, 11) is 0. The molecule has 1 aliphatic carbocycles. The highest BCUT2D eigenvalue weighted by molar-refractivity contribution is 8.00. The van der Waals surface area contributed by atoms with Gasteiger partial charge >= 0.3 is 0 Å². The number of carbonyl (C=O) groups is 1. The average molecular weight is 398 g/mol. The molecule has 0 spiro atoms. The Morgan fingerprint density at radius 3 is 2.68 bits per heavy atom. The maximum atomic E-state index is 12.4. The molecule has 1 heterocycles. The maximum Gasteiger partial charge on any atom is 0.230 e. The molecule has 0 saturated carbocycles. The lowest BCUT2D eigenvalue weighted by atomic mass is 10.1. The number of morpholine rings is 1. The second-order valence-corrected chi connectivity index (χ2v) is 8.71. The fraction of sp³-hybridized carbons (Fsp3) is 0.435. The van der Waals surface area contributed by atoms with E-state index in [-0.39, 0.29) is 5.91 Å². The second kappa shape index (κ2) is 9.59. The number of benzene rings is 2. The zero-order chi connectivity index (χ0) is 19.2. The molecule has 0 atom stereocenters. The number of amides is 1. The van der Waals surface area contributed by atoms with E-state index in [4.69, 9.17) is 4.74 Å². The lowest BCUT2D eigenvalue weighted by molar-refractivity contribution is -0.921. The standard InChI is InChI=1S/C23H28N2O2S/c26-23(17-28-22-9-8-18-6-3-7-19(18)14-22)24-15-20-4-1-2-5-21(20)16-25-10-12-27-13-11-25/h1-2,4-5,8-9,14H,3,6-7,10-13,15-17H2,(H,24,26)/p+1. The van der Waals surface area contributed by atoms with Crippen LogP contribution in [-0.2, 0) is 35.5 Å². The van der Waals surface area contributed by atoms with Crippen LogP contribution in [0.3, 0.4) is 0 Å². The van der Waals surface area contributed by atoms with Gasteiger partial charge in [0, 0.05) is 17.0 Å². The van der Waals surface area contributed by atoms with E-state index in [2.05, 4.69) is 47.8 Å². The molecule has 1 fully saturated rings. The van der Waals surface area contributed by atoms with Crippen LogP contribution >= 0.6 is 11.8 Å². The molecule has 4 nitrogen and oxygen atoms in total. The molecule has 4 rings (SSSR count). The van der Waals surface area contributed by atoms with Gasteiger partial charge in [0.25, 0.3) is 0 Å². The first-order valence-electron chi connectivity index (χ1n) is 10.3. The van der Waals surface area contributed by atoms with E-state index in [0.29, 0.717) is 12.3 Å². The normalized spacial score (nSPS) is 16.7. The Hall–Kier alpha value is -1.82. The van der Waals surface area contributed by atoms with Gasteiger partial charge in [-0.3, -0.25) is 4.79 Å². The summed E-state index contributed by atoms with van der Waals surface area (Å²) >= 11 is 1.63. The summed E-state index contributed by atoms with van der Waals surface area (Å²) in [6, 6.07) is 15.1. The molecule has 2 aliphatic rings. The Morgan fingerprint density at radius 2 is 1.82 bits per heavy atom. The zero-order valence-electron chi connectivity index (χ0n) is 16.3. The molecule has 148 valence electrons. The third-order valence-electron chi connectivity index (χ3n) is 5.67. The number of thioether (sulfide) groups is 1. The quantitative estimate of drug-likeness (QED) is 0.703. The highest BCUT2D eigenvalue weighted by Gasteiger charge is 2.16. The minimum atomic E-state index is 0.0963. The first-order chi connectivity index (χ1) is 13.8. The predicted molar refractivity (Wildman–Crippen MR) is 113 cm³/mol. The van der Waals surface area contributed by atoms with Crippen molar-refractivity contribution in [3.63, 3.8) is 0 Å². The molecule has 0 bridgehead atoms. The van der Waals surface area contributed by atoms with E-state index in [1.54, 1.807) is 16.7 Å². The third-order valence-corrected chi connectivity index (χ3v) is 6.67. The smallest absolute Gasteiger partial charge is 0.230 e. The van der Waals surface area contributed by atoms with E-state index in [9.17, 15) is 4.79 Å². The van der Waals surface area contributed by atoms with Crippen LogP contribution in [0.5, 0.6) is 0 Å². The van der Waals surface area contributed by atoms with Crippen molar-refractivity contribution in [2.24, 2.45) is 0 Å². The van der Waals surface area contributed by atoms with Crippen molar-refractivity contribution in [2.45, 2.75) is 37.2 Å². The lowest BCUT2D eigenvalue weighted by Crippen LogP contribution is -3.12. The molecular formula is C23H29N2O2S+. The number of hydrogen-bond acceptors (Lipinski definition) is 3. The molecule has 0 radical (unpaired) electrons. The van der Waals surface area contributed by atoms with Gasteiger partial charge in [-0.2, -0.15) is 0 Å². The topological polar surface area (TPSA) is 42.8 Å². The largest absolute Gasteiger partial charge is 0.370 e. The van der Waals surface area contributed by atoms with E-state index in [0.717, 1.165) is 32.8 Å². The molecule has 0 aromatic heterocycles. The molecular weight excluding hydrogens is 368 g/mol. The summed E-state index contributed by atoms with van der Waals surface area (Å²) in [5.41, 5.74) is 5.49. The van der Waals surface area contributed by atoms with Gasteiger partial charge in [-0.25, -0.2) is 0 Å². The maximum absolute atomic E-state index is 12.4. The third kappa shape index (κ3) is 5.16. The molecule has 1 saturated heterocycles. The van der Waals surface area contributed by atoms with Gasteiger partial charge in [0.2, 0.25) is 5.91 Å². The predicted octanol–water partition coefficient (Wildman–Crippen LogP) is 2.00. The van der Waals surface area contributed by atoms with Crippen molar-refractivity contribution in [1.82, 2.24) is 5.32 Å². The van der Waals surface area contributed by atoms with Crippen LogP contribution in [-0.4, -0.2) is 38.0 Å². The molecule has 1 aliphatic heterocycles. The molecule has 1 amide bonds. The summed E-state index contributed by atoms with van der Waals surface area (Å²) < 4.78 is 5.45. The van der Waals surface area contributed by atoms with Crippen molar-refractivity contribution >= 4 is 17.7 Å². The Kier molecular flexibility index (Phi) is 6.68. The summed E-state index contributed by atoms with van der Waals surface area (Å²) in [6.45, 7) is 5.39. The van der Waals surface area contributed by atoms with E-state index in [1.807, 2.05) is 0 Å². The van der Waals surface area contributed by atoms with Crippen LogP contribution in [0.25, 0.3) is 0 Å². The molecule has 2 aromatic carbocycles. The van der Waals surface area contributed by atoms with Crippen LogP contribution in [0, 0.1) is 0 Å². The van der Waals surface area contributed by atoms with Crippen LogP contribution in [0.4, 0.5) is 0 Å². The van der Waals surface area contributed by atoms with E-state index in [1.165, 1.54) is 46.4 Å². The Balaban J connectivity index is 1.27. The van der Waals surface area contributed by atoms with Gasteiger partial charge in [-0.05, 0) is 48.1 Å². The number of nitrogens with one attached hydrogen (secondary N) is 2. The van der Waals surface area contributed by atoms with Crippen molar-refractivity contribution in [3.8, 4) is 0 Å². The number of aryl methyl sites for hydroxylation is 2. The van der Waals surface area contributed by atoms with Crippen LogP contribution in [0.2, 0.25) is 0 Å². The molecule has 2 aromatic rings. The Morgan fingerprint density at radius 1 is 1.04 bits per heavy atom. The van der Waals surface area contributed by atoms with Gasteiger partial charge in [-0.15, -0.1) is 11.8 Å². The molecule has 0 unspecified atom stereocenters. The van der Waals surface area contributed by atoms with Gasteiger partial charge in [0.05, 0.1) is 19.0 Å². The zero-order valence-corrected chi connectivity index (χ0v) is 17.2. The van der Waals surface area contributed by atoms with Crippen LogP contribution < -0.4 is 10.2 Å². The number of rotatable bonds is 7. The van der Waals surface area contributed by atoms with Crippen molar-refractivity contribution < 1.29 is 14.4 Å². The summed E-state index contributed by atoms with van der Waals surface area (Å²) in [6.07, 6.45) is 3.64. The minimum absolute atomic E-state index is 0.0963. The fourth-order valence-corrected chi connectivity index (χ4v) is 4.83. The lowest BCUT2D eigenvalue weighted by Gasteiger charge is -2.24. The number of hydrogen-bond donors (Lipinski definition) is 2. The van der Waals surface area contributed by atoms with Crippen LogP contribution in [0.15, 0.2) is 47.4 Å². The molecule has 2 N–H and O–H groups in total. The second-order valence-electron chi connectivity index (χ2n) is 7.66.